The Kier molecular flexibility index (Phi) is 5.65. The lowest BCUT2D eigenvalue weighted by atomic mass is 10.1. The molecule has 1 unspecified atom stereocenters. The first-order valence-corrected chi connectivity index (χ1v) is 8.35. The Balaban J connectivity index is 1.94. The summed E-state index contributed by atoms with van der Waals surface area (Å²) >= 11 is 3.55. The van der Waals surface area contributed by atoms with E-state index in [1.165, 1.54) is 24.8 Å². The van der Waals surface area contributed by atoms with E-state index < -0.39 is 0 Å². The molecule has 0 heterocycles. The molecule has 0 bridgehead atoms. The summed E-state index contributed by atoms with van der Waals surface area (Å²) in [5.74, 6) is 0.925. The molecule has 3 heteroatoms. The topological polar surface area (TPSA) is 21.3 Å². The van der Waals surface area contributed by atoms with Crippen molar-refractivity contribution < 1.29 is 4.74 Å². The number of hydrogen-bond donors (Lipinski definition) is 1. The van der Waals surface area contributed by atoms with Crippen molar-refractivity contribution in [3.63, 3.8) is 0 Å². The fourth-order valence-electron chi connectivity index (χ4n) is 2.16. The summed E-state index contributed by atoms with van der Waals surface area (Å²) in [6, 6.07) is 8.44. The number of rotatable bonds is 7. The average Bonchev–Trinajstić information content (AvgIpc) is 3.16. The van der Waals surface area contributed by atoms with Crippen molar-refractivity contribution in [3.05, 3.63) is 34.3 Å². The van der Waals surface area contributed by atoms with Crippen molar-refractivity contribution in [2.75, 3.05) is 13.2 Å². The van der Waals surface area contributed by atoms with Crippen molar-refractivity contribution in [2.45, 2.75) is 51.7 Å². The Labute approximate surface area is 131 Å². The smallest absolute Gasteiger partial charge is 0.0949 e. The highest BCUT2D eigenvalue weighted by atomic mass is 79.9. The molecule has 1 saturated carbocycles. The SMILES string of the molecule is CC(C)(C)NCC(OCCC1CC1)c1cccc(Br)c1. The third-order valence-corrected chi connectivity index (χ3v) is 4.07. The van der Waals surface area contributed by atoms with Gasteiger partial charge >= 0.3 is 0 Å². The highest BCUT2D eigenvalue weighted by Gasteiger charge is 2.22. The predicted octanol–water partition coefficient (Wildman–Crippen LogP) is 4.70. The normalized spacial score (nSPS) is 17.2. The van der Waals surface area contributed by atoms with Crippen LogP contribution in [0.1, 0.15) is 51.7 Å². The molecule has 0 aromatic heterocycles. The number of nitrogens with one attached hydrogen (secondary N) is 1. The molecule has 2 rings (SSSR count). The maximum atomic E-state index is 6.15. The van der Waals surface area contributed by atoms with Crippen molar-refractivity contribution in [2.24, 2.45) is 5.92 Å². The van der Waals surface area contributed by atoms with E-state index in [-0.39, 0.29) is 11.6 Å². The van der Waals surface area contributed by atoms with E-state index in [9.17, 15) is 0 Å². The molecule has 1 aromatic carbocycles. The highest BCUT2D eigenvalue weighted by Crippen LogP contribution is 2.33. The zero-order valence-corrected chi connectivity index (χ0v) is 14.4. The Morgan fingerprint density at radius 2 is 2.10 bits per heavy atom. The van der Waals surface area contributed by atoms with Crippen LogP contribution in [0.3, 0.4) is 0 Å². The second kappa shape index (κ2) is 7.06. The average molecular weight is 340 g/mol. The van der Waals surface area contributed by atoms with Crippen LogP contribution < -0.4 is 5.32 Å². The molecule has 1 fully saturated rings. The Bertz CT molecular complexity index is 423. The monoisotopic (exact) mass is 339 g/mol. The molecule has 1 atom stereocenters. The van der Waals surface area contributed by atoms with Gasteiger partial charge in [0.2, 0.25) is 0 Å². The van der Waals surface area contributed by atoms with Crippen LogP contribution in [0.2, 0.25) is 0 Å². The van der Waals surface area contributed by atoms with Crippen molar-refractivity contribution in [3.8, 4) is 0 Å². The minimum absolute atomic E-state index is 0.115. The summed E-state index contributed by atoms with van der Waals surface area (Å²) in [6.45, 7) is 8.29. The predicted molar refractivity (Wildman–Crippen MR) is 87.9 cm³/mol. The summed E-state index contributed by atoms with van der Waals surface area (Å²) < 4.78 is 7.26. The number of hydrogen-bond acceptors (Lipinski definition) is 2. The van der Waals surface area contributed by atoms with E-state index in [2.05, 4.69) is 66.3 Å². The summed E-state index contributed by atoms with van der Waals surface area (Å²) in [4.78, 5) is 0. The standard InChI is InChI=1S/C17H26BrNO/c1-17(2,3)19-12-16(20-10-9-13-7-8-13)14-5-4-6-15(18)11-14/h4-6,11,13,16,19H,7-10,12H2,1-3H3. The van der Waals surface area contributed by atoms with Gasteiger partial charge in [0.1, 0.15) is 0 Å². The van der Waals surface area contributed by atoms with Crippen LogP contribution >= 0.6 is 15.9 Å². The summed E-state index contributed by atoms with van der Waals surface area (Å²) in [6.07, 6.45) is 4.13. The fourth-order valence-corrected chi connectivity index (χ4v) is 2.58. The molecular weight excluding hydrogens is 314 g/mol. The lowest BCUT2D eigenvalue weighted by Gasteiger charge is -2.26. The largest absolute Gasteiger partial charge is 0.372 e. The van der Waals surface area contributed by atoms with E-state index in [1.807, 2.05) is 0 Å². The van der Waals surface area contributed by atoms with Gasteiger partial charge in [-0.2, -0.15) is 0 Å². The number of ether oxygens (including phenoxy) is 1. The first kappa shape index (κ1) is 16.0. The molecule has 1 aliphatic rings. The van der Waals surface area contributed by atoms with Gasteiger partial charge in [-0.3, -0.25) is 0 Å². The molecule has 0 radical (unpaired) electrons. The first-order valence-electron chi connectivity index (χ1n) is 7.56. The third-order valence-electron chi connectivity index (χ3n) is 3.58. The van der Waals surface area contributed by atoms with E-state index in [1.54, 1.807) is 0 Å². The molecular formula is C17H26BrNO. The van der Waals surface area contributed by atoms with Gasteiger partial charge in [0, 0.05) is 23.2 Å². The maximum absolute atomic E-state index is 6.15. The third kappa shape index (κ3) is 5.94. The van der Waals surface area contributed by atoms with Gasteiger partial charge in [-0.05, 0) is 50.8 Å². The van der Waals surface area contributed by atoms with Gasteiger partial charge in [0.25, 0.3) is 0 Å². The van der Waals surface area contributed by atoms with Gasteiger partial charge in [-0.25, -0.2) is 0 Å². The first-order chi connectivity index (χ1) is 9.44. The van der Waals surface area contributed by atoms with Gasteiger partial charge in [-0.15, -0.1) is 0 Å². The van der Waals surface area contributed by atoms with Crippen molar-refractivity contribution in [1.29, 1.82) is 0 Å². The van der Waals surface area contributed by atoms with Crippen molar-refractivity contribution in [1.82, 2.24) is 5.32 Å². The zero-order valence-electron chi connectivity index (χ0n) is 12.8. The molecule has 1 aromatic rings. The number of halogens is 1. The second-order valence-electron chi connectivity index (χ2n) is 6.78. The Morgan fingerprint density at radius 3 is 2.70 bits per heavy atom. The molecule has 0 amide bonds. The molecule has 0 spiro atoms. The van der Waals surface area contributed by atoms with Crippen LogP contribution in [0.5, 0.6) is 0 Å². The fraction of sp³-hybridized carbons (Fsp3) is 0.647. The maximum Gasteiger partial charge on any atom is 0.0949 e. The van der Waals surface area contributed by atoms with Gasteiger partial charge in [-0.1, -0.05) is 40.9 Å². The highest BCUT2D eigenvalue weighted by molar-refractivity contribution is 9.10. The molecule has 20 heavy (non-hydrogen) atoms. The van der Waals surface area contributed by atoms with Crippen LogP contribution in [0.25, 0.3) is 0 Å². The van der Waals surface area contributed by atoms with E-state index in [0.717, 1.165) is 23.5 Å². The zero-order chi connectivity index (χ0) is 14.6. The van der Waals surface area contributed by atoms with E-state index in [0.29, 0.717) is 0 Å². The quantitative estimate of drug-likeness (QED) is 0.777. The molecule has 1 aliphatic carbocycles. The Morgan fingerprint density at radius 1 is 1.35 bits per heavy atom. The molecule has 1 N–H and O–H groups in total. The van der Waals surface area contributed by atoms with Crippen LogP contribution in [0.15, 0.2) is 28.7 Å². The summed E-state index contributed by atoms with van der Waals surface area (Å²) in [5, 5.41) is 3.55. The van der Waals surface area contributed by atoms with Crippen LogP contribution in [-0.2, 0) is 4.74 Å². The lowest BCUT2D eigenvalue weighted by molar-refractivity contribution is 0.0444. The van der Waals surface area contributed by atoms with Gasteiger partial charge in [0.15, 0.2) is 0 Å². The van der Waals surface area contributed by atoms with Crippen LogP contribution in [0.4, 0.5) is 0 Å². The minimum atomic E-state index is 0.115. The molecule has 112 valence electrons. The Hall–Kier alpha value is -0.380. The van der Waals surface area contributed by atoms with E-state index in [4.69, 9.17) is 4.74 Å². The lowest BCUT2D eigenvalue weighted by Crippen LogP contribution is -2.39. The van der Waals surface area contributed by atoms with Crippen LogP contribution in [-0.4, -0.2) is 18.7 Å². The summed E-state index contributed by atoms with van der Waals surface area (Å²) in [7, 11) is 0. The van der Waals surface area contributed by atoms with Gasteiger partial charge in [0.05, 0.1) is 6.10 Å². The molecule has 0 aliphatic heterocycles. The van der Waals surface area contributed by atoms with Crippen LogP contribution in [0, 0.1) is 5.92 Å². The molecule has 0 saturated heterocycles. The molecule has 2 nitrogen and oxygen atoms in total. The summed E-state index contributed by atoms with van der Waals surface area (Å²) in [5.41, 5.74) is 1.36. The van der Waals surface area contributed by atoms with Crippen molar-refractivity contribution >= 4 is 15.9 Å². The van der Waals surface area contributed by atoms with E-state index >= 15 is 0 Å². The minimum Gasteiger partial charge on any atom is -0.372 e. The second-order valence-corrected chi connectivity index (χ2v) is 7.69. The number of benzene rings is 1. The van der Waals surface area contributed by atoms with Gasteiger partial charge < -0.3 is 10.1 Å².